The first-order valence-corrected chi connectivity index (χ1v) is 11.8. The number of hydrogen-bond donors (Lipinski definition) is 2. The molecule has 4 rings (SSSR count). The normalized spacial score (nSPS) is 19.9. The molecule has 1 aromatic heterocycles. The molecule has 0 fully saturated rings. The van der Waals surface area contributed by atoms with E-state index in [-0.39, 0.29) is 16.8 Å². The van der Waals surface area contributed by atoms with Crippen molar-refractivity contribution in [3.05, 3.63) is 62.6 Å². The van der Waals surface area contributed by atoms with Crippen molar-refractivity contribution < 1.29 is 18.0 Å². The Morgan fingerprint density at radius 2 is 1.82 bits per heavy atom. The van der Waals surface area contributed by atoms with E-state index in [1.165, 1.54) is 23.9 Å². The molecule has 33 heavy (non-hydrogen) atoms. The molecule has 0 spiro atoms. The van der Waals surface area contributed by atoms with Crippen LogP contribution < -0.4 is 10.9 Å². The number of hydrogen-bond acceptors (Lipinski definition) is 5. The predicted molar refractivity (Wildman–Crippen MR) is 122 cm³/mol. The van der Waals surface area contributed by atoms with Crippen LogP contribution in [-0.4, -0.2) is 21.5 Å². The van der Waals surface area contributed by atoms with Crippen LogP contribution >= 0.6 is 11.8 Å². The van der Waals surface area contributed by atoms with Gasteiger partial charge >= 0.3 is 6.18 Å². The first kappa shape index (κ1) is 23.6. The number of fused-ring (bicyclic) bond motifs is 1. The van der Waals surface area contributed by atoms with E-state index in [1.54, 1.807) is 0 Å². The summed E-state index contributed by atoms with van der Waals surface area (Å²) in [5.74, 6) is 0.641. The third-order valence-electron chi connectivity index (χ3n) is 5.82. The number of aromatic amines is 1. The van der Waals surface area contributed by atoms with Gasteiger partial charge in [0.1, 0.15) is 5.82 Å². The van der Waals surface area contributed by atoms with E-state index in [1.807, 2.05) is 13.8 Å². The molecule has 1 aliphatic carbocycles. The third-order valence-corrected chi connectivity index (χ3v) is 7.13. The average Bonchev–Trinajstić information content (AvgIpc) is 2.69. The van der Waals surface area contributed by atoms with Crippen molar-refractivity contribution >= 4 is 23.4 Å². The lowest BCUT2D eigenvalue weighted by atomic mass is 9.69. The number of anilines is 1. The minimum absolute atomic E-state index is 0.109. The highest BCUT2D eigenvalue weighted by Crippen LogP contribution is 2.48. The number of nitrogens with zero attached hydrogens (tertiary/aromatic N) is 1. The minimum atomic E-state index is -4.47. The van der Waals surface area contributed by atoms with Gasteiger partial charge in [-0.05, 0) is 35.4 Å². The summed E-state index contributed by atoms with van der Waals surface area (Å²) in [7, 11) is 0. The van der Waals surface area contributed by atoms with Gasteiger partial charge in [0.25, 0.3) is 5.56 Å². The lowest BCUT2D eigenvalue weighted by Crippen LogP contribution is -2.37. The number of nitrogens with one attached hydrogen (secondary N) is 2. The Bertz CT molecular complexity index is 1180. The molecule has 176 valence electrons. The monoisotopic (exact) mass is 477 g/mol. The SMILES string of the molecule is CC(C)CSc1nc2c(c(=O)[nH]1)C(c1ccc(C(F)(F)F)cc1)C1=C(CC(C)(C)CC1=O)N2. The molecule has 1 atom stereocenters. The van der Waals surface area contributed by atoms with Crippen molar-refractivity contribution in [1.29, 1.82) is 0 Å². The molecule has 1 unspecified atom stereocenters. The summed E-state index contributed by atoms with van der Waals surface area (Å²) in [5.41, 5.74) is 0.396. The van der Waals surface area contributed by atoms with Crippen LogP contribution in [0, 0.1) is 11.3 Å². The molecule has 1 aromatic carbocycles. The Morgan fingerprint density at radius 1 is 1.15 bits per heavy atom. The Labute approximate surface area is 194 Å². The van der Waals surface area contributed by atoms with E-state index >= 15 is 0 Å². The number of carbonyl (C=O) groups is 1. The van der Waals surface area contributed by atoms with Gasteiger partial charge in [0.05, 0.1) is 11.1 Å². The summed E-state index contributed by atoms with van der Waals surface area (Å²) < 4.78 is 39.3. The molecule has 2 aliphatic rings. The zero-order valence-corrected chi connectivity index (χ0v) is 19.7. The summed E-state index contributed by atoms with van der Waals surface area (Å²) in [6.45, 7) is 8.12. The van der Waals surface area contributed by atoms with Crippen LogP contribution in [0.3, 0.4) is 0 Å². The third kappa shape index (κ3) is 4.74. The quantitative estimate of drug-likeness (QED) is 0.434. The van der Waals surface area contributed by atoms with Crippen LogP contribution in [-0.2, 0) is 11.0 Å². The number of H-pyrrole nitrogens is 1. The van der Waals surface area contributed by atoms with Gasteiger partial charge < -0.3 is 10.3 Å². The number of Topliss-reactive ketones (excluding diaryl/α,β-unsaturated/α-hetero) is 1. The fourth-order valence-corrected chi connectivity index (χ4v) is 5.22. The standard InChI is InChI=1S/C24H26F3N3O2S/c1-12(2)11-33-22-29-20-19(21(32)30-22)17(13-5-7-14(8-6-13)24(25,26)27)18-15(28-20)9-23(3,4)10-16(18)31/h5-8,12,17H,9-11H2,1-4H3,(H2,28,29,30,32). The lowest BCUT2D eigenvalue weighted by Gasteiger charge is -2.38. The fourth-order valence-electron chi connectivity index (χ4n) is 4.41. The van der Waals surface area contributed by atoms with E-state index in [4.69, 9.17) is 0 Å². The first-order chi connectivity index (χ1) is 15.4. The van der Waals surface area contributed by atoms with Gasteiger partial charge in [-0.2, -0.15) is 13.2 Å². The fraction of sp³-hybridized carbons (Fsp3) is 0.458. The highest BCUT2D eigenvalue weighted by molar-refractivity contribution is 7.99. The zero-order valence-electron chi connectivity index (χ0n) is 18.9. The van der Waals surface area contributed by atoms with Gasteiger partial charge in [-0.1, -0.05) is 51.6 Å². The number of allylic oxidation sites excluding steroid dienone is 2. The second-order valence-electron chi connectivity index (χ2n) is 9.85. The van der Waals surface area contributed by atoms with Crippen LogP contribution in [0.5, 0.6) is 0 Å². The van der Waals surface area contributed by atoms with Crippen LogP contribution in [0.2, 0.25) is 0 Å². The van der Waals surface area contributed by atoms with E-state index in [0.29, 0.717) is 46.6 Å². The number of aromatic nitrogens is 2. The van der Waals surface area contributed by atoms with Crippen molar-refractivity contribution in [3.8, 4) is 0 Å². The first-order valence-electron chi connectivity index (χ1n) is 10.8. The topological polar surface area (TPSA) is 74.8 Å². The number of benzene rings is 1. The van der Waals surface area contributed by atoms with Gasteiger partial charge in [-0.25, -0.2) is 4.98 Å². The number of alkyl halides is 3. The van der Waals surface area contributed by atoms with Gasteiger partial charge in [0.15, 0.2) is 10.9 Å². The van der Waals surface area contributed by atoms with Gasteiger partial charge in [0.2, 0.25) is 0 Å². The van der Waals surface area contributed by atoms with Crippen molar-refractivity contribution in [1.82, 2.24) is 9.97 Å². The molecule has 0 radical (unpaired) electrons. The van der Waals surface area contributed by atoms with Crippen molar-refractivity contribution in [2.24, 2.45) is 11.3 Å². The molecule has 5 nitrogen and oxygen atoms in total. The highest BCUT2D eigenvalue weighted by atomic mass is 32.2. The van der Waals surface area contributed by atoms with Crippen molar-refractivity contribution in [3.63, 3.8) is 0 Å². The second-order valence-corrected chi connectivity index (χ2v) is 10.9. The van der Waals surface area contributed by atoms with E-state index < -0.39 is 23.2 Å². The smallest absolute Gasteiger partial charge is 0.343 e. The van der Waals surface area contributed by atoms with E-state index in [2.05, 4.69) is 29.1 Å². The van der Waals surface area contributed by atoms with Gasteiger partial charge in [0, 0.05) is 29.4 Å². The molecular formula is C24H26F3N3O2S. The lowest BCUT2D eigenvalue weighted by molar-refractivity contribution is -0.137. The molecule has 9 heteroatoms. The largest absolute Gasteiger partial charge is 0.416 e. The summed E-state index contributed by atoms with van der Waals surface area (Å²) in [4.78, 5) is 33.8. The number of rotatable bonds is 4. The summed E-state index contributed by atoms with van der Waals surface area (Å²) in [6, 6.07) is 4.67. The molecule has 2 heterocycles. The van der Waals surface area contributed by atoms with Crippen molar-refractivity contribution in [2.45, 2.75) is 57.8 Å². The van der Waals surface area contributed by atoms with E-state index in [0.717, 1.165) is 17.9 Å². The second kappa shape index (κ2) is 8.34. The predicted octanol–water partition coefficient (Wildman–Crippen LogP) is 5.74. The molecule has 0 saturated heterocycles. The highest BCUT2D eigenvalue weighted by Gasteiger charge is 2.42. The maximum atomic E-state index is 13.2. The molecule has 0 amide bonds. The summed E-state index contributed by atoms with van der Waals surface area (Å²) in [6.07, 6.45) is -3.59. The molecule has 1 aliphatic heterocycles. The van der Waals surface area contributed by atoms with Crippen LogP contribution in [0.25, 0.3) is 0 Å². The average molecular weight is 478 g/mol. The van der Waals surface area contributed by atoms with Gasteiger partial charge in [-0.3, -0.25) is 9.59 Å². The molecular weight excluding hydrogens is 451 g/mol. The van der Waals surface area contributed by atoms with Crippen LogP contribution in [0.15, 0.2) is 45.5 Å². The summed E-state index contributed by atoms with van der Waals surface area (Å²) in [5, 5.41) is 3.69. The van der Waals surface area contributed by atoms with Crippen LogP contribution in [0.1, 0.15) is 63.1 Å². The molecule has 2 N–H and O–H groups in total. The number of carbonyl (C=O) groups excluding carboxylic acids is 1. The van der Waals surface area contributed by atoms with E-state index in [9.17, 15) is 22.8 Å². The minimum Gasteiger partial charge on any atom is -0.343 e. The van der Waals surface area contributed by atoms with Crippen molar-refractivity contribution in [2.75, 3.05) is 11.1 Å². The molecule has 2 aromatic rings. The Balaban J connectivity index is 1.87. The number of thioether (sulfide) groups is 1. The number of halogens is 3. The molecule has 0 saturated carbocycles. The Kier molecular flexibility index (Phi) is 5.97. The Hall–Kier alpha value is -2.55. The van der Waals surface area contributed by atoms with Gasteiger partial charge in [-0.15, -0.1) is 0 Å². The summed E-state index contributed by atoms with van der Waals surface area (Å²) >= 11 is 1.43. The number of ketones is 1. The Morgan fingerprint density at radius 3 is 2.42 bits per heavy atom. The zero-order chi connectivity index (χ0) is 24.1. The molecule has 0 bridgehead atoms. The maximum Gasteiger partial charge on any atom is 0.416 e. The maximum absolute atomic E-state index is 13.2. The van der Waals surface area contributed by atoms with Crippen LogP contribution in [0.4, 0.5) is 19.0 Å².